The van der Waals surface area contributed by atoms with E-state index in [1.54, 1.807) is 0 Å². The minimum Gasteiger partial charge on any atom is -0.339 e. The fraction of sp³-hybridized carbons (Fsp3) is 0.818. The van der Waals surface area contributed by atoms with Crippen LogP contribution in [0.2, 0.25) is 0 Å². The molecule has 17 heavy (non-hydrogen) atoms. The third kappa shape index (κ3) is 2.97. The van der Waals surface area contributed by atoms with Crippen molar-refractivity contribution in [3.8, 4) is 0 Å². The third-order valence-electron chi connectivity index (χ3n) is 3.45. The van der Waals surface area contributed by atoms with E-state index in [1.807, 2.05) is 0 Å². The van der Waals surface area contributed by atoms with Gasteiger partial charge in [0.05, 0.1) is 6.04 Å². The second-order valence-corrected chi connectivity index (χ2v) is 4.89. The molecule has 2 fully saturated rings. The SMILES string of the molecule is CN1CCNCC1c1noc(CC2CC2)n1.Cl. The number of hydrogen-bond donors (Lipinski definition) is 1. The van der Waals surface area contributed by atoms with Crippen molar-refractivity contribution in [1.82, 2.24) is 20.4 Å². The molecule has 0 spiro atoms. The van der Waals surface area contributed by atoms with Crippen LogP contribution in [0.15, 0.2) is 4.52 Å². The lowest BCUT2D eigenvalue weighted by atomic mass is 10.2. The molecule has 96 valence electrons. The Balaban J connectivity index is 0.00000108. The van der Waals surface area contributed by atoms with E-state index in [1.165, 1.54) is 12.8 Å². The second kappa shape index (κ2) is 5.33. The van der Waals surface area contributed by atoms with Crippen molar-refractivity contribution < 1.29 is 4.52 Å². The van der Waals surface area contributed by atoms with Crippen LogP contribution in [0.25, 0.3) is 0 Å². The zero-order chi connectivity index (χ0) is 11.0. The average molecular weight is 259 g/mol. The van der Waals surface area contributed by atoms with Gasteiger partial charge in [0.15, 0.2) is 5.82 Å². The van der Waals surface area contributed by atoms with Crippen LogP contribution >= 0.6 is 12.4 Å². The Morgan fingerprint density at radius 2 is 2.29 bits per heavy atom. The lowest BCUT2D eigenvalue weighted by molar-refractivity contribution is 0.190. The molecule has 5 nitrogen and oxygen atoms in total. The molecule has 0 amide bonds. The molecule has 1 aliphatic carbocycles. The Morgan fingerprint density at radius 1 is 1.47 bits per heavy atom. The first kappa shape index (κ1) is 12.8. The van der Waals surface area contributed by atoms with Gasteiger partial charge in [-0.25, -0.2) is 0 Å². The van der Waals surface area contributed by atoms with Gasteiger partial charge in [-0.15, -0.1) is 12.4 Å². The van der Waals surface area contributed by atoms with Crippen LogP contribution in [0.1, 0.15) is 30.6 Å². The monoisotopic (exact) mass is 258 g/mol. The summed E-state index contributed by atoms with van der Waals surface area (Å²) >= 11 is 0. The van der Waals surface area contributed by atoms with E-state index in [2.05, 4.69) is 27.4 Å². The van der Waals surface area contributed by atoms with E-state index < -0.39 is 0 Å². The molecular formula is C11H19ClN4O. The zero-order valence-corrected chi connectivity index (χ0v) is 10.9. The minimum absolute atomic E-state index is 0. The molecule has 3 rings (SSSR count). The number of nitrogens with one attached hydrogen (secondary N) is 1. The molecule has 0 bridgehead atoms. The van der Waals surface area contributed by atoms with Gasteiger partial charge in [-0.05, 0) is 25.8 Å². The second-order valence-electron chi connectivity index (χ2n) is 4.89. The van der Waals surface area contributed by atoms with Crippen molar-refractivity contribution in [2.45, 2.75) is 25.3 Å². The molecule has 0 radical (unpaired) electrons. The summed E-state index contributed by atoms with van der Waals surface area (Å²) < 4.78 is 5.30. The molecule has 1 aromatic rings. The molecular weight excluding hydrogens is 240 g/mol. The molecule has 1 saturated carbocycles. The maximum Gasteiger partial charge on any atom is 0.226 e. The van der Waals surface area contributed by atoms with E-state index in [0.717, 1.165) is 43.7 Å². The first-order valence-corrected chi connectivity index (χ1v) is 6.06. The highest BCUT2D eigenvalue weighted by Gasteiger charge is 2.28. The molecule has 0 aromatic carbocycles. The Labute approximate surface area is 107 Å². The Bertz CT molecular complexity index is 366. The van der Waals surface area contributed by atoms with Crippen LogP contribution in [0.5, 0.6) is 0 Å². The van der Waals surface area contributed by atoms with Crippen molar-refractivity contribution in [3.05, 3.63) is 11.7 Å². The predicted octanol–water partition coefficient (Wildman–Crippen LogP) is 1.02. The summed E-state index contributed by atoms with van der Waals surface area (Å²) in [5, 5.41) is 7.47. The quantitative estimate of drug-likeness (QED) is 0.877. The number of halogens is 1. The Morgan fingerprint density at radius 3 is 3.00 bits per heavy atom. The van der Waals surface area contributed by atoms with Crippen LogP contribution in [0.3, 0.4) is 0 Å². The van der Waals surface area contributed by atoms with E-state index in [9.17, 15) is 0 Å². The maximum atomic E-state index is 5.30. The molecule has 1 saturated heterocycles. The highest BCUT2D eigenvalue weighted by molar-refractivity contribution is 5.85. The van der Waals surface area contributed by atoms with Crippen LogP contribution in [0, 0.1) is 5.92 Å². The largest absolute Gasteiger partial charge is 0.339 e. The van der Waals surface area contributed by atoms with Crippen LogP contribution in [0.4, 0.5) is 0 Å². The number of rotatable bonds is 3. The summed E-state index contributed by atoms with van der Waals surface area (Å²) in [6, 6.07) is 0.269. The van der Waals surface area contributed by atoms with Gasteiger partial charge in [0.25, 0.3) is 0 Å². The lowest BCUT2D eigenvalue weighted by Crippen LogP contribution is -2.44. The highest BCUT2D eigenvalue weighted by Crippen LogP contribution is 2.32. The van der Waals surface area contributed by atoms with Crippen LogP contribution < -0.4 is 5.32 Å². The summed E-state index contributed by atoms with van der Waals surface area (Å²) in [4.78, 5) is 6.79. The summed E-state index contributed by atoms with van der Waals surface area (Å²) in [5.74, 6) is 2.46. The van der Waals surface area contributed by atoms with Gasteiger partial charge >= 0.3 is 0 Å². The van der Waals surface area contributed by atoms with Gasteiger partial charge in [-0.1, -0.05) is 5.16 Å². The summed E-state index contributed by atoms with van der Waals surface area (Å²) in [6.07, 6.45) is 3.61. The van der Waals surface area contributed by atoms with Gasteiger partial charge in [0.2, 0.25) is 5.89 Å². The number of likely N-dealkylation sites (N-methyl/N-ethyl adjacent to an activating group) is 1. The van der Waals surface area contributed by atoms with Gasteiger partial charge in [0.1, 0.15) is 0 Å². The lowest BCUT2D eigenvalue weighted by Gasteiger charge is -2.30. The van der Waals surface area contributed by atoms with Gasteiger partial charge < -0.3 is 9.84 Å². The minimum atomic E-state index is 0. The molecule has 2 heterocycles. The topological polar surface area (TPSA) is 54.2 Å². The molecule has 1 N–H and O–H groups in total. The summed E-state index contributed by atoms with van der Waals surface area (Å²) in [6.45, 7) is 3.00. The smallest absolute Gasteiger partial charge is 0.226 e. The van der Waals surface area contributed by atoms with Crippen molar-refractivity contribution in [3.63, 3.8) is 0 Å². The molecule has 6 heteroatoms. The summed E-state index contributed by atoms with van der Waals surface area (Å²) in [5.41, 5.74) is 0. The van der Waals surface area contributed by atoms with E-state index >= 15 is 0 Å². The Hall–Kier alpha value is -0.650. The van der Waals surface area contributed by atoms with Crippen molar-refractivity contribution in [2.24, 2.45) is 5.92 Å². The highest BCUT2D eigenvalue weighted by atomic mass is 35.5. The molecule has 1 atom stereocenters. The zero-order valence-electron chi connectivity index (χ0n) is 10.1. The average Bonchev–Trinajstić information content (AvgIpc) is 2.97. The number of piperazine rings is 1. The first-order valence-electron chi connectivity index (χ1n) is 6.06. The van der Waals surface area contributed by atoms with Crippen molar-refractivity contribution >= 4 is 12.4 Å². The standard InChI is InChI=1S/C11H18N4O.ClH/c1-15-5-4-12-7-9(15)11-13-10(16-14-11)6-8-2-3-8;/h8-9,12H,2-7H2,1H3;1H. The van der Waals surface area contributed by atoms with Gasteiger partial charge in [-0.2, -0.15) is 4.98 Å². The Kier molecular flexibility index (Phi) is 4.01. The fourth-order valence-electron chi connectivity index (χ4n) is 2.15. The predicted molar refractivity (Wildman–Crippen MR) is 66.2 cm³/mol. The van der Waals surface area contributed by atoms with E-state index in [-0.39, 0.29) is 18.4 Å². The normalized spacial score (nSPS) is 25.6. The molecule has 1 aromatic heterocycles. The first-order chi connectivity index (χ1) is 7.83. The molecule has 2 aliphatic rings. The number of aromatic nitrogens is 2. The van der Waals surface area contributed by atoms with E-state index in [4.69, 9.17) is 4.52 Å². The molecule has 1 unspecified atom stereocenters. The molecule has 1 aliphatic heterocycles. The van der Waals surface area contributed by atoms with Crippen molar-refractivity contribution in [1.29, 1.82) is 0 Å². The maximum absolute atomic E-state index is 5.30. The van der Waals surface area contributed by atoms with Crippen molar-refractivity contribution in [2.75, 3.05) is 26.7 Å². The van der Waals surface area contributed by atoms with Gasteiger partial charge in [0, 0.05) is 26.1 Å². The van der Waals surface area contributed by atoms with Gasteiger partial charge in [-0.3, -0.25) is 4.90 Å². The number of nitrogens with zero attached hydrogens (tertiary/aromatic N) is 3. The number of hydrogen-bond acceptors (Lipinski definition) is 5. The van der Waals surface area contributed by atoms with Crippen LogP contribution in [-0.2, 0) is 6.42 Å². The van der Waals surface area contributed by atoms with E-state index in [0.29, 0.717) is 0 Å². The fourth-order valence-corrected chi connectivity index (χ4v) is 2.15. The van der Waals surface area contributed by atoms with Crippen LogP contribution in [-0.4, -0.2) is 41.7 Å². The summed E-state index contributed by atoms with van der Waals surface area (Å²) in [7, 11) is 2.11. The third-order valence-corrected chi connectivity index (χ3v) is 3.45.